The monoisotopic (exact) mass is 429 g/mol. The van der Waals surface area contributed by atoms with Gasteiger partial charge in [0.15, 0.2) is 5.65 Å². The summed E-state index contributed by atoms with van der Waals surface area (Å²) in [6.07, 6.45) is 2.52. The van der Waals surface area contributed by atoms with E-state index in [4.69, 9.17) is 4.98 Å². The standard InChI is InChI=1S/C21H31N7OS/c1-12(2)16-9-24-28-19(26-14(4)21-25-13(3)11-30-21)7-18(27-20(16)28)23-8-15-5-6-22-10-17(15)29/h7,9,11-12,14-15,17,22,26,29H,5-6,8,10H2,1-4H3,(H,23,27)/t14-,15+,17-/m0/s1. The molecule has 3 aromatic heterocycles. The average molecular weight is 430 g/mol. The maximum atomic E-state index is 10.2. The van der Waals surface area contributed by atoms with Crippen LogP contribution in [0.5, 0.6) is 0 Å². The van der Waals surface area contributed by atoms with Gasteiger partial charge in [0, 0.05) is 41.7 Å². The Bertz CT molecular complexity index is 999. The van der Waals surface area contributed by atoms with Crippen molar-refractivity contribution in [1.29, 1.82) is 0 Å². The first-order valence-corrected chi connectivity index (χ1v) is 11.5. The van der Waals surface area contributed by atoms with Crippen molar-refractivity contribution in [1.82, 2.24) is 24.9 Å². The van der Waals surface area contributed by atoms with Crippen molar-refractivity contribution in [2.45, 2.75) is 52.2 Å². The lowest BCUT2D eigenvalue weighted by Gasteiger charge is -2.28. The van der Waals surface area contributed by atoms with Gasteiger partial charge in [-0.25, -0.2) is 9.97 Å². The first kappa shape index (κ1) is 21.0. The molecule has 162 valence electrons. The van der Waals surface area contributed by atoms with Gasteiger partial charge in [-0.15, -0.1) is 11.3 Å². The van der Waals surface area contributed by atoms with Crippen molar-refractivity contribution < 1.29 is 5.11 Å². The Morgan fingerprint density at radius 2 is 2.17 bits per heavy atom. The molecule has 1 aliphatic heterocycles. The van der Waals surface area contributed by atoms with Crippen LogP contribution in [0.25, 0.3) is 5.65 Å². The molecule has 1 fully saturated rings. The van der Waals surface area contributed by atoms with E-state index < -0.39 is 0 Å². The van der Waals surface area contributed by atoms with Crippen LogP contribution in [0.4, 0.5) is 11.6 Å². The quantitative estimate of drug-likeness (QED) is 0.458. The van der Waals surface area contributed by atoms with E-state index in [1.54, 1.807) is 11.3 Å². The molecule has 0 spiro atoms. The molecule has 0 saturated carbocycles. The fraction of sp³-hybridized carbons (Fsp3) is 0.571. The van der Waals surface area contributed by atoms with Gasteiger partial charge < -0.3 is 21.1 Å². The highest BCUT2D eigenvalue weighted by molar-refractivity contribution is 7.09. The first-order chi connectivity index (χ1) is 14.4. The fourth-order valence-corrected chi connectivity index (χ4v) is 4.61. The molecule has 30 heavy (non-hydrogen) atoms. The van der Waals surface area contributed by atoms with E-state index >= 15 is 0 Å². The highest BCUT2D eigenvalue weighted by Gasteiger charge is 2.23. The number of hydrogen-bond donors (Lipinski definition) is 4. The lowest BCUT2D eigenvalue weighted by Crippen LogP contribution is -2.43. The van der Waals surface area contributed by atoms with E-state index in [-0.39, 0.29) is 18.1 Å². The van der Waals surface area contributed by atoms with Crippen LogP contribution in [0.15, 0.2) is 17.6 Å². The lowest BCUT2D eigenvalue weighted by atomic mass is 9.95. The van der Waals surface area contributed by atoms with Gasteiger partial charge >= 0.3 is 0 Å². The number of aliphatic hydroxyl groups is 1. The second-order valence-electron chi connectivity index (χ2n) is 8.41. The third-order valence-corrected chi connectivity index (χ3v) is 6.77. The zero-order valence-corrected chi connectivity index (χ0v) is 18.8. The summed E-state index contributed by atoms with van der Waals surface area (Å²) in [4.78, 5) is 9.46. The number of aryl methyl sites for hydroxylation is 1. The summed E-state index contributed by atoms with van der Waals surface area (Å²) in [6, 6.07) is 2.05. The van der Waals surface area contributed by atoms with Crippen LogP contribution in [-0.4, -0.2) is 50.4 Å². The average Bonchev–Trinajstić information content (AvgIpc) is 3.34. The van der Waals surface area contributed by atoms with Crippen LogP contribution in [0.3, 0.4) is 0 Å². The number of fused-ring (bicyclic) bond motifs is 1. The van der Waals surface area contributed by atoms with Gasteiger partial charge in [0.1, 0.15) is 16.6 Å². The summed E-state index contributed by atoms with van der Waals surface area (Å²) in [5.74, 6) is 2.21. The molecule has 9 heteroatoms. The van der Waals surface area contributed by atoms with Gasteiger partial charge in [0.25, 0.3) is 0 Å². The first-order valence-electron chi connectivity index (χ1n) is 10.6. The van der Waals surface area contributed by atoms with Gasteiger partial charge in [-0.1, -0.05) is 13.8 Å². The molecule has 1 aliphatic rings. The number of hydrogen-bond acceptors (Lipinski definition) is 8. The maximum Gasteiger partial charge on any atom is 0.163 e. The Hall–Kier alpha value is -2.23. The molecule has 0 aromatic carbocycles. The zero-order chi connectivity index (χ0) is 21.3. The maximum absolute atomic E-state index is 10.2. The minimum absolute atomic E-state index is 0.0556. The molecule has 4 heterocycles. The Kier molecular flexibility index (Phi) is 6.21. The molecular weight excluding hydrogens is 398 g/mol. The Balaban J connectivity index is 1.62. The topological polar surface area (TPSA) is 99.4 Å². The van der Waals surface area contributed by atoms with Crippen LogP contribution < -0.4 is 16.0 Å². The van der Waals surface area contributed by atoms with E-state index in [2.05, 4.69) is 52.2 Å². The predicted octanol–water partition coefficient (Wildman–Crippen LogP) is 3.17. The number of nitrogens with one attached hydrogen (secondary N) is 3. The summed E-state index contributed by atoms with van der Waals surface area (Å²) in [5, 5.41) is 28.2. The molecule has 3 aromatic rings. The third kappa shape index (κ3) is 4.43. The van der Waals surface area contributed by atoms with Gasteiger partial charge in [-0.05, 0) is 32.7 Å². The number of anilines is 2. The number of aliphatic hydroxyl groups excluding tert-OH is 1. The van der Waals surface area contributed by atoms with Crippen LogP contribution in [0, 0.1) is 12.8 Å². The summed E-state index contributed by atoms with van der Waals surface area (Å²) in [6.45, 7) is 10.7. The predicted molar refractivity (Wildman–Crippen MR) is 121 cm³/mol. The number of nitrogens with zero attached hydrogens (tertiary/aromatic N) is 4. The Labute approximate surface area is 181 Å². The van der Waals surface area contributed by atoms with Crippen molar-refractivity contribution in [2.75, 3.05) is 30.3 Å². The van der Waals surface area contributed by atoms with Gasteiger partial charge in [-0.2, -0.15) is 9.61 Å². The van der Waals surface area contributed by atoms with Gasteiger partial charge in [0.2, 0.25) is 0 Å². The zero-order valence-electron chi connectivity index (χ0n) is 18.0. The molecule has 0 radical (unpaired) electrons. The molecule has 0 bridgehead atoms. The van der Waals surface area contributed by atoms with Crippen molar-refractivity contribution in [2.24, 2.45) is 5.92 Å². The second kappa shape index (κ2) is 8.87. The van der Waals surface area contributed by atoms with Gasteiger partial charge in [0.05, 0.1) is 18.3 Å². The van der Waals surface area contributed by atoms with Gasteiger partial charge in [-0.3, -0.25) is 0 Å². The second-order valence-corrected chi connectivity index (χ2v) is 9.30. The van der Waals surface area contributed by atoms with Crippen molar-refractivity contribution in [3.63, 3.8) is 0 Å². The summed E-state index contributed by atoms with van der Waals surface area (Å²) < 4.78 is 1.87. The fourth-order valence-electron chi connectivity index (χ4n) is 3.81. The van der Waals surface area contributed by atoms with E-state index in [0.29, 0.717) is 19.0 Å². The molecule has 1 saturated heterocycles. The summed E-state index contributed by atoms with van der Waals surface area (Å²) in [5.41, 5.74) is 3.00. The Morgan fingerprint density at radius 1 is 1.33 bits per heavy atom. The minimum atomic E-state index is -0.332. The number of piperidine rings is 1. The van der Waals surface area contributed by atoms with E-state index in [0.717, 1.165) is 46.5 Å². The Morgan fingerprint density at radius 3 is 2.87 bits per heavy atom. The molecule has 0 amide bonds. The molecule has 4 N–H and O–H groups in total. The van der Waals surface area contributed by atoms with Crippen LogP contribution in [0.1, 0.15) is 55.4 Å². The lowest BCUT2D eigenvalue weighted by molar-refractivity contribution is 0.0883. The van der Waals surface area contributed by atoms with Crippen LogP contribution >= 0.6 is 11.3 Å². The molecular formula is C21H31N7OS. The molecule has 3 atom stereocenters. The van der Waals surface area contributed by atoms with E-state index in [1.165, 1.54) is 0 Å². The largest absolute Gasteiger partial charge is 0.391 e. The summed E-state index contributed by atoms with van der Waals surface area (Å²) in [7, 11) is 0. The van der Waals surface area contributed by atoms with Crippen molar-refractivity contribution in [3.8, 4) is 0 Å². The highest BCUT2D eigenvalue weighted by Crippen LogP contribution is 2.28. The van der Waals surface area contributed by atoms with Crippen molar-refractivity contribution >= 4 is 28.6 Å². The number of rotatable bonds is 7. The molecule has 0 aliphatic carbocycles. The third-order valence-electron chi connectivity index (χ3n) is 5.63. The molecule has 0 unspecified atom stereocenters. The molecule has 8 nitrogen and oxygen atoms in total. The van der Waals surface area contributed by atoms with Crippen LogP contribution in [0.2, 0.25) is 0 Å². The summed E-state index contributed by atoms with van der Waals surface area (Å²) >= 11 is 1.66. The number of β-amino-alcohol motifs (C(OH)–C–C–N with tert-alkyl or cyclic N) is 1. The normalized spacial score (nSPS) is 20.6. The smallest absolute Gasteiger partial charge is 0.163 e. The van der Waals surface area contributed by atoms with E-state index in [9.17, 15) is 5.11 Å². The molecule has 4 rings (SSSR count). The minimum Gasteiger partial charge on any atom is -0.391 e. The number of thiazole rings is 1. The number of aromatic nitrogens is 4. The highest BCUT2D eigenvalue weighted by atomic mass is 32.1. The van der Waals surface area contributed by atoms with Crippen molar-refractivity contribution in [3.05, 3.63) is 33.9 Å². The SMILES string of the molecule is Cc1csc([C@H](C)Nc2cc(NC[C@H]3CCNC[C@@H]3O)nc3c(C(C)C)cnn23)n1. The van der Waals surface area contributed by atoms with Crippen LogP contribution in [-0.2, 0) is 0 Å². The van der Waals surface area contributed by atoms with E-state index in [1.807, 2.05) is 23.7 Å².